The summed E-state index contributed by atoms with van der Waals surface area (Å²) < 4.78 is 7.82. The van der Waals surface area contributed by atoms with Crippen molar-refractivity contribution < 1.29 is 4.74 Å². The van der Waals surface area contributed by atoms with Crippen LogP contribution in [-0.4, -0.2) is 11.7 Å². The number of rotatable bonds is 4. The second kappa shape index (κ2) is 7.41. The number of aryl methyl sites for hydroxylation is 1. The van der Waals surface area contributed by atoms with Gasteiger partial charge in [0, 0.05) is 6.20 Å². The van der Waals surface area contributed by atoms with Crippen LogP contribution >= 0.6 is 0 Å². The van der Waals surface area contributed by atoms with Gasteiger partial charge in [-0.15, -0.1) is 0 Å². The van der Waals surface area contributed by atoms with Crippen molar-refractivity contribution in [2.24, 2.45) is 0 Å². The molecule has 0 spiro atoms. The van der Waals surface area contributed by atoms with E-state index in [4.69, 9.17) is 4.74 Å². The van der Waals surface area contributed by atoms with Gasteiger partial charge in [0.1, 0.15) is 5.75 Å². The van der Waals surface area contributed by atoms with E-state index in [9.17, 15) is 0 Å². The summed E-state index contributed by atoms with van der Waals surface area (Å²) in [5.41, 5.74) is 6.29. The van der Waals surface area contributed by atoms with E-state index in [1.807, 2.05) is 12.1 Å². The summed E-state index contributed by atoms with van der Waals surface area (Å²) in [6, 6.07) is 19.7. The Kier molecular flexibility index (Phi) is 4.83. The maximum atomic E-state index is 5.58. The van der Waals surface area contributed by atoms with E-state index in [1.54, 1.807) is 7.11 Å². The Labute approximate surface area is 156 Å². The third-order valence-corrected chi connectivity index (χ3v) is 5.58. The average Bonchev–Trinajstić information content (AvgIpc) is 3.10. The van der Waals surface area contributed by atoms with Gasteiger partial charge in [0.05, 0.1) is 18.5 Å². The zero-order chi connectivity index (χ0) is 17.9. The van der Waals surface area contributed by atoms with Gasteiger partial charge in [-0.2, -0.15) is 0 Å². The molecule has 26 heavy (non-hydrogen) atoms. The zero-order valence-electron chi connectivity index (χ0n) is 15.7. The molecule has 0 atom stereocenters. The van der Waals surface area contributed by atoms with Gasteiger partial charge in [-0.1, -0.05) is 55.7 Å². The minimum Gasteiger partial charge on any atom is -0.495 e. The van der Waals surface area contributed by atoms with Gasteiger partial charge in [-0.25, -0.2) is 0 Å². The van der Waals surface area contributed by atoms with Gasteiger partial charge in [0.15, 0.2) is 0 Å². The normalized spacial score (nSPS) is 15.2. The number of hydrogen-bond acceptors (Lipinski definition) is 1. The lowest BCUT2D eigenvalue weighted by molar-refractivity contribution is 0.413. The Hall–Kier alpha value is -2.48. The predicted octanol–water partition coefficient (Wildman–Crippen LogP) is 6.51. The van der Waals surface area contributed by atoms with E-state index >= 15 is 0 Å². The lowest BCUT2D eigenvalue weighted by Crippen LogP contribution is -2.04. The molecule has 1 fully saturated rings. The highest BCUT2D eigenvalue weighted by atomic mass is 16.5. The summed E-state index contributed by atoms with van der Waals surface area (Å²) in [4.78, 5) is 0. The average molecular weight is 345 g/mol. The van der Waals surface area contributed by atoms with Crippen molar-refractivity contribution in [2.75, 3.05) is 7.11 Å². The molecule has 0 bridgehead atoms. The molecule has 2 nitrogen and oxygen atoms in total. The Balaban J connectivity index is 1.70. The molecule has 134 valence electrons. The van der Waals surface area contributed by atoms with Crippen LogP contribution in [0, 0.1) is 6.92 Å². The first-order chi connectivity index (χ1) is 12.8. The molecule has 0 amide bonds. The topological polar surface area (TPSA) is 14.2 Å². The van der Waals surface area contributed by atoms with Crippen LogP contribution in [0.4, 0.5) is 0 Å². The number of methoxy groups -OCH3 is 1. The number of ether oxygens (including phenoxy) is 1. The molecular formula is C24H27NO. The minimum atomic E-state index is 0.750. The zero-order valence-corrected chi connectivity index (χ0v) is 15.7. The van der Waals surface area contributed by atoms with Gasteiger partial charge in [0.2, 0.25) is 0 Å². The van der Waals surface area contributed by atoms with Crippen molar-refractivity contribution in [2.45, 2.75) is 44.9 Å². The van der Waals surface area contributed by atoms with Crippen molar-refractivity contribution in [1.29, 1.82) is 0 Å². The van der Waals surface area contributed by atoms with Crippen LogP contribution in [0.3, 0.4) is 0 Å². The maximum Gasteiger partial charge on any atom is 0.142 e. The molecule has 0 N–H and O–H groups in total. The summed E-state index contributed by atoms with van der Waals surface area (Å²) in [6.45, 7) is 2.14. The fraction of sp³-hybridized carbons (Fsp3) is 0.333. The molecule has 1 aliphatic rings. The largest absolute Gasteiger partial charge is 0.495 e. The predicted molar refractivity (Wildman–Crippen MR) is 108 cm³/mol. The van der Waals surface area contributed by atoms with Crippen molar-refractivity contribution in [1.82, 2.24) is 4.57 Å². The second-order valence-electron chi connectivity index (χ2n) is 7.40. The van der Waals surface area contributed by atoms with E-state index in [2.05, 4.69) is 60.2 Å². The monoisotopic (exact) mass is 345 g/mol. The summed E-state index contributed by atoms with van der Waals surface area (Å²) in [5, 5.41) is 0. The smallest absolute Gasteiger partial charge is 0.142 e. The van der Waals surface area contributed by atoms with E-state index < -0.39 is 0 Å². The van der Waals surface area contributed by atoms with Crippen LogP contribution in [0.1, 0.15) is 49.1 Å². The Morgan fingerprint density at radius 3 is 2.38 bits per heavy atom. The third kappa shape index (κ3) is 3.29. The first-order valence-corrected chi connectivity index (χ1v) is 9.69. The number of benzene rings is 2. The number of hydrogen-bond donors (Lipinski definition) is 0. The first-order valence-electron chi connectivity index (χ1n) is 9.69. The van der Waals surface area contributed by atoms with E-state index in [0.717, 1.165) is 17.4 Å². The molecule has 0 unspecified atom stereocenters. The van der Waals surface area contributed by atoms with Crippen LogP contribution in [0.2, 0.25) is 0 Å². The molecule has 3 aromatic rings. The third-order valence-electron chi connectivity index (χ3n) is 5.58. The van der Waals surface area contributed by atoms with Gasteiger partial charge < -0.3 is 9.30 Å². The molecule has 0 aliphatic heterocycles. The summed E-state index contributed by atoms with van der Waals surface area (Å²) in [7, 11) is 1.73. The fourth-order valence-corrected chi connectivity index (χ4v) is 4.21. The summed E-state index contributed by atoms with van der Waals surface area (Å²) in [5.74, 6) is 1.64. The second-order valence-corrected chi connectivity index (χ2v) is 7.40. The number of aromatic nitrogens is 1. The van der Waals surface area contributed by atoms with Gasteiger partial charge in [-0.3, -0.25) is 0 Å². The minimum absolute atomic E-state index is 0.750. The van der Waals surface area contributed by atoms with Crippen molar-refractivity contribution in [3.63, 3.8) is 0 Å². The lowest BCUT2D eigenvalue weighted by atomic mass is 9.84. The summed E-state index contributed by atoms with van der Waals surface area (Å²) >= 11 is 0. The number of nitrogens with zero attached hydrogens (tertiary/aromatic N) is 1. The van der Waals surface area contributed by atoms with E-state index in [-0.39, 0.29) is 0 Å². The molecule has 1 heterocycles. The van der Waals surface area contributed by atoms with Crippen LogP contribution in [-0.2, 0) is 0 Å². The van der Waals surface area contributed by atoms with Crippen molar-refractivity contribution in [3.8, 4) is 22.7 Å². The summed E-state index contributed by atoms with van der Waals surface area (Å²) in [6.07, 6.45) is 9.03. The van der Waals surface area contributed by atoms with Crippen molar-refractivity contribution >= 4 is 0 Å². The SMILES string of the molecule is COc1ccccc1-n1cc(C)cc1-c1ccc(C2CCCCC2)cc1. The van der Waals surface area contributed by atoms with Crippen LogP contribution in [0.25, 0.3) is 16.9 Å². The fourth-order valence-electron chi connectivity index (χ4n) is 4.21. The molecule has 0 radical (unpaired) electrons. The molecule has 4 rings (SSSR count). The van der Waals surface area contributed by atoms with E-state index in [0.29, 0.717) is 0 Å². The quantitative estimate of drug-likeness (QED) is 0.526. The first kappa shape index (κ1) is 17.0. The molecule has 2 aromatic carbocycles. The highest BCUT2D eigenvalue weighted by Gasteiger charge is 2.16. The molecule has 1 aliphatic carbocycles. The molecule has 2 heteroatoms. The van der Waals surface area contributed by atoms with Crippen LogP contribution in [0.15, 0.2) is 60.8 Å². The standard InChI is InChI=1S/C24H27NO/c1-18-16-23(25(17-18)22-10-6-7-11-24(22)26-2)21-14-12-20(13-15-21)19-8-4-3-5-9-19/h6-7,10-17,19H,3-5,8-9H2,1-2H3. The molecule has 0 saturated heterocycles. The van der Waals surface area contributed by atoms with E-state index in [1.165, 1.54) is 54.5 Å². The van der Waals surface area contributed by atoms with Crippen LogP contribution in [0.5, 0.6) is 5.75 Å². The number of para-hydroxylation sites is 2. The highest BCUT2D eigenvalue weighted by Crippen LogP contribution is 2.35. The van der Waals surface area contributed by atoms with Crippen molar-refractivity contribution in [3.05, 3.63) is 71.9 Å². The molecular weight excluding hydrogens is 318 g/mol. The Morgan fingerprint density at radius 2 is 1.65 bits per heavy atom. The van der Waals surface area contributed by atoms with Gasteiger partial charge >= 0.3 is 0 Å². The van der Waals surface area contributed by atoms with Crippen LogP contribution < -0.4 is 4.74 Å². The lowest BCUT2D eigenvalue weighted by Gasteiger charge is -2.22. The Morgan fingerprint density at radius 1 is 0.923 bits per heavy atom. The highest BCUT2D eigenvalue weighted by molar-refractivity contribution is 5.66. The van der Waals surface area contributed by atoms with Gasteiger partial charge in [-0.05, 0) is 60.6 Å². The van der Waals surface area contributed by atoms with Gasteiger partial charge in [0.25, 0.3) is 0 Å². The molecule has 1 aromatic heterocycles. The molecule has 1 saturated carbocycles. The maximum absolute atomic E-state index is 5.58. The Bertz CT molecular complexity index is 869.